The average Bonchev–Trinajstić information content (AvgIpc) is 1.97. The highest BCUT2D eigenvalue weighted by Crippen LogP contribution is 2.26. The van der Waals surface area contributed by atoms with E-state index in [0.717, 1.165) is 5.57 Å². The molecule has 0 N–H and O–H groups in total. The van der Waals surface area contributed by atoms with Gasteiger partial charge in [-0.1, -0.05) is 41.6 Å². The molecule has 0 aromatic rings. The first-order valence-corrected chi connectivity index (χ1v) is 4.58. The molecular formula is C9H11BrO. The molecule has 60 valence electrons. The number of carbonyl (C=O) groups excluding carboxylic acids is 1. The van der Waals surface area contributed by atoms with E-state index in [2.05, 4.69) is 29.4 Å². The van der Waals surface area contributed by atoms with Gasteiger partial charge in [-0.15, -0.1) is 0 Å². The van der Waals surface area contributed by atoms with Gasteiger partial charge in [0.25, 0.3) is 0 Å². The third-order valence-corrected chi connectivity index (χ3v) is 3.10. The van der Waals surface area contributed by atoms with Crippen LogP contribution in [0.1, 0.15) is 13.3 Å². The maximum atomic E-state index is 11.2. The van der Waals surface area contributed by atoms with Crippen LogP contribution < -0.4 is 0 Å². The summed E-state index contributed by atoms with van der Waals surface area (Å²) in [5, 5.41) is 0. The highest BCUT2D eigenvalue weighted by atomic mass is 79.9. The predicted molar refractivity (Wildman–Crippen MR) is 49.8 cm³/mol. The summed E-state index contributed by atoms with van der Waals surface area (Å²) in [5.74, 6) is 0.620. The number of hydrogen-bond acceptors (Lipinski definition) is 1. The summed E-state index contributed by atoms with van der Waals surface area (Å²) in [6, 6.07) is 0. The topological polar surface area (TPSA) is 17.1 Å². The molecular weight excluding hydrogens is 204 g/mol. The molecule has 1 nitrogen and oxygen atoms in total. The Labute approximate surface area is 75.3 Å². The first-order valence-electron chi connectivity index (χ1n) is 3.66. The molecule has 1 aliphatic rings. The Morgan fingerprint density at radius 1 is 1.82 bits per heavy atom. The van der Waals surface area contributed by atoms with Crippen molar-refractivity contribution in [3.8, 4) is 0 Å². The van der Waals surface area contributed by atoms with Crippen LogP contribution in [0.25, 0.3) is 0 Å². The summed E-state index contributed by atoms with van der Waals surface area (Å²) in [7, 11) is 0. The molecule has 2 unspecified atom stereocenters. The van der Waals surface area contributed by atoms with E-state index in [1.165, 1.54) is 0 Å². The Hall–Kier alpha value is -0.370. The lowest BCUT2D eigenvalue weighted by Crippen LogP contribution is -2.20. The molecule has 0 aromatic carbocycles. The van der Waals surface area contributed by atoms with Crippen LogP contribution in [-0.2, 0) is 4.79 Å². The van der Waals surface area contributed by atoms with Gasteiger partial charge in [-0.2, -0.15) is 0 Å². The Morgan fingerprint density at radius 3 is 3.00 bits per heavy atom. The lowest BCUT2D eigenvalue weighted by atomic mass is 9.90. The summed E-state index contributed by atoms with van der Waals surface area (Å²) >= 11 is 3.49. The molecule has 2 heteroatoms. The van der Waals surface area contributed by atoms with Gasteiger partial charge >= 0.3 is 0 Å². The fraction of sp³-hybridized carbons (Fsp3) is 0.444. The molecule has 11 heavy (non-hydrogen) atoms. The van der Waals surface area contributed by atoms with Crippen LogP contribution in [0.5, 0.6) is 0 Å². The molecule has 0 heterocycles. The van der Waals surface area contributed by atoms with Crippen LogP contribution in [0.4, 0.5) is 0 Å². The van der Waals surface area contributed by atoms with Gasteiger partial charge in [0.15, 0.2) is 5.78 Å². The fourth-order valence-electron chi connectivity index (χ4n) is 1.13. The third kappa shape index (κ3) is 1.80. The fourth-order valence-corrected chi connectivity index (χ4v) is 1.61. The van der Waals surface area contributed by atoms with Crippen LogP contribution in [0, 0.1) is 5.92 Å². The Balaban J connectivity index is 2.87. The van der Waals surface area contributed by atoms with E-state index in [-0.39, 0.29) is 5.78 Å². The highest BCUT2D eigenvalue weighted by molar-refractivity contribution is 9.09. The second kappa shape index (κ2) is 3.35. The van der Waals surface area contributed by atoms with E-state index in [4.69, 9.17) is 0 Å². The van der Waals surface area contributed by atoms with Crippen molar-refractivity contribution in [2.45, 2.75) is 18.2 Å². The normalized spacial score (nSPS) is 31.5. The van der Waals surface area contributed by atoms with Gasteiger partial charge in [-0.05, 0) is 5.92 Å². The van der Waals surface area contributed by atoms with Gasteiger partial charge in [0.2, 0.25) is 0 Å². The Morgan fingerprint density at radius 2 is 2.45 bits per heavy atom. The van der Waals surface area contributed by atoms with Crippen LogP contribution in [0.3, 0.4) is 0 Å². The summed E-state index contributed by atoms with van der Waals surface area (Å²) in [6.45, 7) is 5.65. The number of rotatable bonds is 1. The molecule has 0 aliphatic heterocycles. The van der Waals surface area contributed by atoms with Gasteiger partial charge in [-0.3, -0.25) is 4.79 Å². The number of carbonyl (C=O) groups is 1. The monoisotopic (exact) mass is 214 g/mol. The van der Waals surface area contributed by atoms with E-state index in [0.29, 0.717) is 17.2 Å². The van der Waals surface area contributed by atoms with Crippen LogP contribution in [0.2, 0.25) is 0 Å². The van der Waals surface area contributed by atoms with E-state index < -0.39 is 0 Å². The molecule has 0 amide bonds. The van der Waals surface area contributed by atoms with Gasteiger partial charge in [-0.25, -0.2) is 0 Å². The van der Waals surface area contributed by atoms with Gasteiger partial charge < -0.3 is 0 Å². The van der Waals surface area contributed by atoms with Crippen molar-refractivity contribution in [1.29, 1.82) is 0 Å². The molecule has 0 saturated carbocycles. The van der Waals surface area contributed by atoms with Crippen molar-refractivity contribution < 1.29 is 4.79 Å². The number of halogens is 1. The molecule has 1 rings (SSSR count). The van der Waals surface area contributed by atoms with Gasteiger partial charge in [0.1, 0.15) is 0 Å². The van der Waals surface area contributed by atoms with Crippen molar-refractivity contribution in [2.75, 3.05) is 0 Å². The van der Waals surface area contributed by atoms with E-state index in [1.807, 2.05) is 6.08 Å². The molecule has 0 fully saturated rings. The van der Waals surface area contributed by atoms with Crippen molar-refractivity contribution in [1.82, 2.24) is 0 Å². The van der Waals surface area contributed by atoms with E-state index in [1.54, 1.807) is 6.08 Å². The van der Waals surface area contributed by atoms with Gasteiger partial charge in [0, 0.05) is 16.8 Å². The molecule has 0 radical (unpaired) electrons. The van der Waals surface area contributed by atoms with E-state index in [9.17, 15) is 4.79 Å². The lowest BCUT2D eigenvalue weighted by molar-refractivity contribution is -0.116. The minimum Gasteiger partial charge on any atom is -0.294 e. The van der Waals surface area contributed by atoms with Crippen molar-refractivity contribution in [3.63, 3.8) is 0 Å². The van der Waals surface area contributed by atoms with Crippen LogP contribution in [0.15, 0.2) is 24.3 Å². The number of hydrogen-bond donors (Lipinski definition) is 0. The number of allylic oxidation sites excluding steroid dienone is 3. The zero-order valence-corrected chi connectivity index (χ0v) is 8.10. The minimum absolute atomic E-state index is 0.211. The quantitative estimate of drug-likeness (QED) is 0.614. The average molecular weight is 215 g/mol. The summed E-state index contributed by atoms with van der Waals surface area (Å²) < 4.78 is 0. The maximum Gasteiger partial charge on any atom is 0.162 e. The summed E-state index contributed by atoms with van der Waals surface area (Å²) in [6.07, 6.45) is 4.19. The second-order valence-corrected chi connectivity index (χ2v) is 3.93. The summed E-state index contributed by atoms with van der Waals surface area (Å²) in [4.78, 5) is 11.5. The number of Topliss-reactive ketones (excluding diaryl/α,β-unsaturated/α-hetero) is 1. The van der Waals surface area contributed by atoms with Crippen LogP contribution >= 0.6 is 15.9 Å². The SMILES string of the molecule is C=CC1=CC(Br)C(C)CC1=O. The first kappa shape index (κ1) is 8.72. The molecule has 0 aromatic heterocycles. The van der Waals surface area contributed by atoms with Crippen molar-refractivity contribution >= 4 is 21.7 Å². The minimum atomic E-state index is 0.211. The van der Waals surface area contributed by atoms with Crippen molar-refractivity contribution in [2.24, 2.45) is 5.92 Å². The molecule has 1 aliphatic carbocycles. The van der Waals surface area contributed by atoms with Crippen molar-refractivity contribution in [3.05, 3.63) is 24.3 Å². The Kier molecular flexibility index (Phi) is 2.66. The van der Waals surface area contributed by atoms with Gasteiger partial charge in [0.05, 0.1) is 0 Å². The van der Waals surface area contributed by atoms with E-state index >= 15 is 0 Å². The standard InChI is InChI=1S/C9H11BrO/c1-3-7-5-8(10)6(2)4-9(7)11/h3,5-6,8H,1,4H2,2H3. The lowest BCUT2D eigenvalue weighted by Gasteiger charge is -2.20. The highest BCUT2D eigenvalue weighted by Gasteiger charge is 2.22. The molecule has 0 saturated heterocycles. The van der Waals surface area contributed by atoms with Crippen LogP contribution in [-0.4, -0.2) is 10.6 Å². The maximum absolute atomic E-state index is 11.2. The summed E-state index contributed by atoms with van der Waals surface area (Å²) in [5.41, 5.74) is 0.755. The largest absolute Gasteiger partial charge is 0.294 e. The zero-order chi connectivity index (χ0) is 8.43. The smallest absolute Gasteiger partial charge is 0.162 e. The number of alkyl halides is 1. The number of ketones is 1. The molecule has 2 atom stereocenters. The molecule has 0 spiro atoms. The predicted octanol–water partition coefficient (Wildman–Crippen LogP) is 2.47. The zero-order valence-electron chi connectivity index (χ0n) is 6.51. The molecule has 0 bridgehead atoms. The third-order valence-electron chi connectivity index (χ3n) is 1.93. The first-order chi connectivity index (χ1) is 5.15. The Bertz CT molecular complexity index is 218. The second-order valence-electron chi connectivity index (χ2n) is 2.88.